The summed E-state index contributed by atoms with van der Waals surface area (Å²) in [6, 6.07) is 6.06. The Morgan fingerprint density at radius 3 is 2.90 bits per heavy atom. The third kappa shape index (κ3) is 3.35. The van der Waals surface area contributed by atoms with Gasteiger partial charge in [0.2, 0.25) is 5.90 Å². The van der Waals surface area contributed by atoms with Crippen LogP contribution in [0.15, 0.2) is 41.1 Å². The summed E-state index contributed by atoms with van der Waals surface area (Å²) in [6.45, 7) is 1.78. The smallest absolute Gasteiger partial charge is 0.437 e. The Morgan fingerprint density at radius 2 is 2.24 bits per heavy atom. The van der Waals surface area contributed by atoms with Gasteiger partial charge < -0.3 is 9.47 Å². The number of hydrogen-bond acceptors (Lipinski definition) is 7. The first-order valence-corrected chi connectivity index (χ1v) is 6.03. The maximum absolute atomic E-state index is 11.2. The Balaban J connectivity index is 2.35. The number of hydrogen-bond donors (Lipinski definition) is 1. The van der Waals surface area contributed by atoms with Crippen molar-refractivity contribution in [2.75, 3.05) is 7.11 Å². The number of rotatable bonds is 2. The number of carbonyl (C=O) groups is 1. The van der Waals surface area contributed by atoms with E-state index in [1.54, 1.807) is 25.1 Å². The molecule has 1 atom stereocenters. The zero-order chi connectivity index (χ0) is 15.4. The summed E-state index contributed by atoms with van der Waals surface area (Å²) in [6.07, 6.45) is 0.851. The zero-order valence-electron chi connectivity index (χ0n) is 11.4. The highest BCUT2D eigenvalue weighted by atomic mass is 16.7. The second kappa shape index (κ2) is 6.04. The van der Waals surface area contributed by atoms with E-state index in [9.17, 15) is 14.9 Å². The minimum atomic E-state index is -0.904. The predicted molar refractivity (Wildman–Crippen MR) is 73.7 cm³/mol. The number of benzene rings is 1. The van der Waals surface area contributed by atoms with E-state index in [0.29, 0.717) is 5.56 Å². The molecule has 1 aromatic carbocycles. The van der Waals surface area contributed by atoms with Gasteiger partial charge in [-0.25, -0.2) is 4.79 Å². The van der Waals surface area contributed by atoms with Crippen LogP contribution in [0.4, 0.5) is 10.5 Å². The first-order chi connectivity index (χ1) is 10.0. The zero-order valence-corrected chi connectivity index (χ0v) is 11.4. The van der Waals surface area contributed by atoms with Gasteiger partial charge in [0.05, 0.1) is 18.0 Å². The molecule has 0 bridgehead atoms. The summed E-state index contributed by atoms with van der Waals surface area (Å²) in [5.74, 6) is -0.446. The monoisotopic (exact) mass is 291 g/mol. The number of methoxy groups -OCH3 is 1. The molecule has 8 nitrogen and oxygen atoms in total. The van der Waals surface area contributed by atoms with Gasteiger partial charge in [-0.2, -0.15) is 0 Å². The van der Waals surface area contributed by atoms with E-state index in [2.05, 4.69) is 15.3 Å². The fourth-order valence-corrected chi connectivity index (χ4v) is 1.86. The van der Waals surface area contributed by atoms with E-state index in [1.165, 1.54) is 19.2 Å². The van der Waals surface area contributed by atoms with Crippen LogP contribution in [0, 0.1) is 10.1 Å². The van der Waals surface area contributed by atoms with Gasteiger partial charge in [0.15, 0.2) is 0 Å². The molecule has 1 unspecified atom stereocenters. The highest BCUT2D eigenvalue weighted by Gasteiger charge is 2.25. The molecule has 0 aromatic heterocycles. The van der Waals surface area contributed by atoms with Crippen LogP contribution < -0.4 is 5.43 Å². The van der Waals surface area contributed by atoms with Crippen LogP contribution in [0.5, 0.6) is 0 Å². The highest BCUT2D eigenvalue weighted by Crippen LogP contribution is 2.26. The Morgan fingerprint density at radius 1 is 1.48 bits per heavy atom. The Kier molecular flexibility index (Phi) is 4.17. The molecule has 0 fully saturated rings. The molecule has 0 radical (unpaired) electrons. The van der Waals surface area contributed by atoms with Crippen molar-refractivity contribution in [2.45, 2.75) is 12.8 Å². The first kappa shape index (κ1) is 14.5. The number of nitro groups is 1. The molecule has 1 aromatic rings. The number of nitro benzene ring substituents is 1. The summed E-state index contributed by atoms with van der Waals surface area (Å²) in [7, 11) is 1.18. The molecule has 0 aliphatic carbocycles. The average molecular weight is 291 g/mol. The molecule has 1 N–H and O–H groups in total. The minimum absolute atomic E-state index is 0.0468. The SMILES string of the molecule is COC(=O)OC1=NNC(C)=CC1c1cccc([N+](=O)[O-])c1. The van der Waals surface area contributed by atoms with Crippen LogP contribution >= 0.6 is 0 Å². The van der Waals surface area contributed by atoms with Crippen molar-refractivity contribution in [3.63, 3.8) is 0 Å². The van der Waals surface area contributed by atoms with E-state index >= 15 is 0 Å². The topological polar surface area (TPSA) is 103 Å². The number of nitrogens with one attached hydrogen (secondary N) is 1. The van der Waals surface area contributed by atoms with Crippen molar-refractivity contribution in [3.8, 4) is 0 Å². The number of carbonyl (C=O) groups excluding carboxylic acids is 1. The van der Waals surface area contributed by atoms with Gasteiger partial charge in [-0.05, 0) is 18.6 Å². The average Bonchev–Trinajstić information content (AvgIpc) is 2.49. The summed E-state index contributed by atoms with van der Waals surface area (Å²) in [4.78, 5) is 21.6. The number of non-ortho nitro benzene ring substituents is 1. The largest absolute Gasteiger partial charge is 0.514 e. The fourth-order valence-electron chi connectivity index (χ4n) is 1.86. The number of hydrazone groups is 1. The van der Waals surface area contributed by atoms with Gasteiger partial charge in [0.25, 0.3) is 5.69 Å². The van der Waals surface area contributed by atoms with E-state index in [0.717, 1.165) is 5.70 Å². The fraction of sp³-hybridized carbons (Fsp3) is 0.231. The van der Waals surface area contributed by atoms with Gasteiger partial charge in [-0.3, -0.25) is 15.5 Å². The van der Waals surface area contributed by atoms with Crippen LogP contribution in [0.25, 0.3) is 0 Å². The summed E-state index contributed by atoms with van der Waals surface area (Å²) in [5.41, 5.74) is 3.96. The van der Waals surface area contributed by atoms with Crippen LogP contribution in [0.2, 0.25) is 0 Å². The number of nitrogens with zero attached hydrogens (tertiary/aromatic N) is 2. The van der Waals surface area contributed by atoms with E-state index in [4.69, 9.17) is 4.74 Å². The molecule has 1 heterocycles. The van der Waals surface area contributed by atoms with E-state index in [1.807, 2.05) is 0 Å². The molecule has 0 amide bonds. The molecule has 0 saturated heterocycles. The summed E-state index contributed by atoms with van der Waals surface area (Å²) >= 11 is 0. The van der Waals surface area contributed by atoms with Gasteiger partial charge in [0.1, 0.15) is 0 Å². The molecular formula is C13H13N3O5. The Bertz CT molecular complexity index is 638. The lowest BCUT2D eigenvalue weighted by Crippen LogP contribution is -2.26. The Labute approximate surface area is 120 Å². The molecule has 110 valence electrons. The molecule has 21 heavy (non-hydrogen) atoms. The molecule has 8 heteroatoms. The number of allylic oxidation sites excluding steroid dienone is 1. The summed E-state index contributed by atoms with van der Waals surface area (Å²) in [5, 5.41) is 14.8. The molecule has 2 rings (SSSR count). The second-order valence-electron chi connectivity index (χ2n) is 4.30. The van der Waals surface area contributed by atoms with Crippen LogP contribution in [-0.4, -0.2) is 24.1 Å². The van der Waals surface area contributed by atoms with Gasteiger partial charge in [-0.1, -0.05) is 12.1 Å². The molecule has 0 spiro atoms. The molecule has 0 saturated carbocycles. The standard InChI is InChI=1S/C13H13N3O5/c1-8-6-11(12(15-14-8)21-13(17)20-2)9-4-3-5-10(7-9)16(18)19/h3-7,11,14H,1-2H3. The van der Waals surface area contributed by atoms with Crippen molar-refractivity contribution in [1.82, 2.24) is 5.43 Å². The van der Waals surface area contributed by atoms with Gasteiger partial charge in [0, 0.05) is 17.8 Å². The Hall–Kier alpha value is -2.90. The number of ether oxygens (including phenoxy) is 2. The molecule has 1 aliphatic rings. The van der Waals surface area contributed by atoms with Crippen molar-refractivity contribution in [2.24, 2.45) is 5.10 Å². The quantitative estimate of drug-likeness (QED) is 0.509. The molecule has 1 aliphatic heterocycles. The van der Waals surface area contributed by atoms with E-state index < -0.39 is 17.0 Å². The third-order valence-corrected chi connectivity index (χ3v) is 2.82. The van der Waals surface area contributed by atoms with Crippen molar-refractivity contribution in [1.29, 1.82) is 0 Å². The van der Waals surface area contributed by atoms with E-state index in [-0.39, 0.29) is 11.6 Å². The second-order valence-corrected chi connectivity index (χ2v) is 4.30. The third-order valence-electron chi connectivity index (χ3n) is 2.82. The minimum Gasteiger partial charge on any atom is -0.437 e. The van der Waals surface area contributed by atoms with Gasteiger partial charge in [-0.15, -0.1) is 5.10 Å². The maximum Gasteiger partial charge on any atom is 0.514 e. The summed E-state index contributed by atoms with van der Waals surface area (Å²) < 4.78 is 9.40. The van der Waals surface area contributed by atoms with Crippen molar-refractivity contribution < 1.29 is 19.2 Å². The van der Waals surface area contributed by atoms with Crippen LogP contribution in [0.1, 0.15) is 18.4 Å². The predicted octanol–water partition coefficient (Wildman–Crippen LogP) is 2.28. The van der Waals surface area contributed by atoms with Crippen molar-refractivity contribution >= 4 is 17.7 Å². The van der Waals surface area contributed by atoms with Gasteiger partial charge >= 0.3 is 6.16 Å². The maximum atomic E-state index is 11.2. The molecular weight excluding hydrogens is 278 g/mol. The highest BCUT2D eigenvalue weighted by molar-refractivity contribution is 5.93. The van der Waals surface area contributed by atoms with Crippen LogP contribution in [-0.2, 0) is 9.47 Å². The normalized spacial score (nSPS) is 17.1. The first-order valence-electron chi connectivity index (χ1n) is 6.03. The lowest BCUT2D eigenvalue weighted by Gasteiger charge is -2.20. The lowest BCUT2D eigenvalue weighted by atomic mass is 9.96. The van der Waals surface area contributed by atoms with Crippen LogP contribution in [0.3, 0.4) is 0 Å². The lowest BCUT2D eigenvalue weighted by molar-refractivity contribution is -0.384. The van der Waals surface area contributed by atoms with Crippen molar-refractivity contribution in [3.05, 3.63) is 51.7 Å².